The fourth-order valence-corrected chi connectivity index (χ4v) is 1.96. The molecule has 1 amide bonds. The third kappa shape index (κ3) is 5.91. The maximum Gasteiger partial charge on any atom is 0.224 e. The molecule has 0 saturated carbocycles. The van der Waals surface area contributed by atoms with E-state index in [1.54, 1.807) is 6.92 Å². The Morgan fingerprint density at radius 2 is 2.38 bits per heavy atom. The molecule has 0 aromatic heterocycles. The number of nitrogens with one attached hydrogen (secondary N) is 1. The summed E-state index contributed by atoms with van der Waals surface area (Å²) in [4.78, 5) is 11.5. The van der Waals surface area contributed by atoms with Crippen molar-refractivity contribution in [1.29, 1.82) is 0 Å². The van der Waals surface area contributed by atoms with Crippen LogP contribution in [0.25, 0.3) is 0 Å². The number of aliphatic hydroxyl groups is 1. The van der Waals surface area contributed by atoms with Gasteiger partial charge in [-0.2, -0.15) is 0 Å². The molecule has 1 unspecified atom stereocenters. The molecule has 0 aromatic carbocycles. The standard InChI is InChI=1S/C13H23NO2/c1-11(15)6-5-9-14-13(16)10-12-7-3-2-4-8-12/h7,11,15H,2-6,8-10H2,1H3,(H,14,16). The number of allylic oxidation sites excluding steroid dienone is 1. The fourth-order valence-electron chi connectivity index (χ4n) is 1.96. The predicted molar refractivity (Wildman–Crippen MR) is 65.1 cm³/mol. The van der Waals surface area contributed by atoms with Crippen LogP contribution >= 0.6 is 0 Å². The van der Waals surface area contributed by atoms with Gasteiger partial charge in [0, 0.05) is 13.0 Å². The van der Waals surface area contributed by atoms with Crippen molar-refractivity contribution >= 4 is 5.91 Å². The monoisotopic (exact) mass is 225 g/mol. The molecular weight excluding hydrogens is 202 g/mol. The number of aliphatic hydroxyl groups excluding tert-OH is 1. The summed E-state index contributed by atoms with van der Waals surface area (Å²) in [5.41, 5.74) is 1.29. The lowest BCUT2D eigenvalue weighted by molar-refractivity contribution is -0.120. The van der Waals surface area contributed by atoms with Crippen LogP contribution in [-0.2, 0) is 4.79 Å². The number of hydrogen-bond acceptors (Lipinski definition) is 2. The van der Waals surface area contributed by atoms with Crippen molar-refractivity contribution in [1.82, 2.24) is 5.32 Å². The van der Waals surface area contributed by atoms with Gasteiger partial charge in [-0.15, -0.1) is 0 Å². The Morgan fingerprint density at radius 1 is 1.56 bits per heavy atom. The summed E-state index contributed by atoms with van der Waals surface area (Å²) in [5.74, 6) is 0.124. The Hall–Kier alpha value is -0.830. The van der Waals surface area contributed by atoms with Gasteiger partial charge in [-0.05, 0) is 45.4 Å². The zero-order valence-electron chi connectivity index (χ0n) is 10.2. The molecule has 2 N–H and O–H groups in total. The summed E-state index contributed by atoms with van der Waals surface area (Å²) in [6.07, 6.45) is 8.81. The summed E-state index contributed by atoms with van der Waals surface area (Å²) >= 11 is 0. The van der Waals surface area contributed by atoms with Gasteiger partial charge in [-0.1, -0.05) is 11.6 Å². The van der Waals surface area contributed by atoms with Crippen molar-refractivity contribution in [3.63, 3.8) is 0 Å². The highest BCUT2D eigenvalue weighted by Crippen LogP contribution is 2.19. The van der Waals surface area contributed by atoms with E-state index >= 15 is 0 Å². The van der Waals surface area contributed by atoms with E-state index in [9.17, 15) is 4.79 Å². The van der Waals surface area contributed by atoms with Crippen LogP contribution in [-0.4, -0.2) is 23.7 Å². The van der Waals surface area contributed by atoms with Crippen LogP contribution in [0.5, 0.6) is 0 Å². The van der Waals surface area contributed by atoms with Gasteiger partial charge in [0.2, 0.25) is 5.91 Å². The van der Waals surface area contributed by atoms with Crippen molar-refractivity contribution < 1.29 is 9.90 Å². The molecule has 1 aliphatic rings. The quantitative estimate of drug-likeness (QED) is 0.537. The second-order valence-electron chi connectivity index (χ2n) is 4.63. The van der Waals surface area contributed by atoms with Gasteiger partial charge in [0.1, 0.15) is 0 Å². The smallest absolute Gasteiger partial charge is 0.224 e. The van der Waals surface area contributed by atoms with Crippen LogP contribution in [0.4, 0.5) is 0 Å². The molecular formula is C13H23NO2. The van der Waals surface area contributed by atoms with Crippen molar-refractivity contribution in [2.45, 2.75) is 58.0 Å². The summed E-state index contributed by atoms with van der Waals surface area (Å²) in [7, 11) is 0. The Kier molecular flexibility index (Phi) is 6.16. The molecule has 0 radical (unpaired) electrons. The molecule has 1 aliphatic carbocycles. The summed E-state index contributed by atoms with van der Waals surface area (Å²) < 4.78 is 0. The van der Waals surface area contributed by atoms with E-state index in [1.807, 2.05) is 0 Å². The van der Waals surface area contributed by atoms with Crippen LogP contribution < -0.4 is 5.32 Å². The Bertz CT molecular complexity index is 246. The van der Waals surface area contributed by atoms with Crippen molar-refractivity contribution in [3.05, 3.63) is 11.6 Å². The van der Waals surface area contributed by atoms with Gasteiger partial charge in [0.15, 0.2) is 0 Å². The Morgan fingerprint density at radius 3 is 3.00 bits per heavy atom. The molecule has 0 heterocycles. The van der Waals surface area contributed by atoms with E-state index in [-0.39, 0.29) is 12.0 Å². The lowest BCUT2D eigenvalue weighted by atomic mass is 9.97. The largest absolute Gasteiger partial charge is 0.393 e. The first kappa shape index (κ1) is 13.2. The lowest BCUT2D eigenvalue weighted by Crippen LogP contribution is -2.25. The van der Waals surface area contributed by atoms with E-state index in [1.165, 1.54) is 18.4 Å². The minimum absolute atomic E-state index is 0.124. The molecule has 16 heavy (non-hydrogen) atoms. The molecule has 0 aliphatic heterocycles. The molecule has 0 fully saturated rings. The van der Waals surface area contributed by atoms with Crippen LogP contribution in [0, 0.1) is 0 Å². The first-order valence-corrected chi connectivity index (χ1v) is 6.31. The van der Waals surface area contributed by atoms with Crippen LogP contribution in [0.1, 0.15) is 51.9 Å². The number of amides is 1. The lowest BCUT2D eigenvalue weighted by Gasteiger charge is -2.12. The van der Waals surface area contributed by atoms with Crippen LogP contribution in [0.3, 0.4) is 0 Å². The average molecular weight is 225 g/mol. The highest BCUT2D eigenvalue weighted by Gasteiger charge is 2.08. The van der Waals surface area contributed by atoms with Crippen LogP contribution in [0.15, 0.2) is 11.6 Å². The zero-order valence-corrected chi connectivity index (χ0v) is 10.2. The third-order valence-corrected chi connectivity index (χ3v) is 2.89. The molecule has 0 saturated heterocycles. The normalized spacial score (nSPS) is 17.8. The number of carbonyl (C=O) groups is 1. The highest BCUT2D eigenvalue weighted by molar-refractivity contribution is 5.78. The third-order valence-electron chi connectivity index (χ3n) is 2.89. The van der Waals surface area contributed by atoms with Crippen molar-refractivity contribution in [2.75, 3.05) is 6.54 Å². The number of carbonyl (C=O) groups excluding carboxylic acids is 1. The van der Waals surface area contributed by atoms with Gasteiger partial charge in [0.25, 0.3) is 0 Å². The van der Waals surface area contributed by atoms with E-state index < -0.39 is 0 Å². The topological polar surface area (TPSA) is 49.3 Å². The Labute approximate surface area is 97.9 Å². The second kappa shape index (κ2) is 7.44. The average Bonchev–Trinajstić information content (AvgIpc) is 2.25. The highest BCUT2D eigenvalue weighted by atomic mass is 16.3. The molecule has 1 rings (SSSR count). The van der Waals surface area contributed by atoms with Gasteiger partial charge >= 0.3 is 0 Å². The summed E-state index contributed by atoms with van der Waals surface area (Å²) in [6, 6.07) is 0. The predicted octanol–water partition coefficient (Wildman–Crippen LogP) is 2.15. The Balaban J connectivity index is 2.08. The number of rotatable bonds is 6. The molecule has 92 valence electrons. The molecule has 0 aromatic rings. The van der Waals surface area contributed by atoms with E-state index in [2.05, 4.69) is 11.4 Å². The fraction of sp³-hybridized carbons (Fsp3) is 0.769. The minimum Gasteiger partial charge on any atom is -0.393 e. The second-order valence-corrected chi connectivity index (χ2v) is 4.63. The number of hydrogen-bond donors (Lipinski definition) is 2. The summed E-state index contributed by atoms with van der Waals surface area (Å²) in [6.45, 7) is 2.45. The molecule has 1 atom stereocenters. The molecule has 0 spiro atoms. The van der Waals surface area contributed by atoms with Crippen LogP contribution in [0.2, 0.25) is 0 Å². The maximum absolute atomic E-state index is 11.5. The van der Waals surface area contributed by atoms with E-state index in [4.69, 9.17) is 5.11 Å². The first-order valence-electron chi connectivity index (χ1n) is 6.31. The van der Waals surface area contributed by atoms with E-state index in [0.717, 1.165) is 25.7 Å². The zero-order chi connectivity index (χ0) is 11.8. The van der Waals surface area contributed by atoms with Gasteiger partial charge in [-0.25, -0.2) is 0 Å². The maximum atomic E-state index is 11.5. The molecule has 3 heteroatoms. The molecule has 0 bridgehead atoms. The van der Waals surface area contributed by atoms with Gasteiger partial charge < -0.3 is 10.4 Å². The van der Waals surface area contributed by atoms with Crippen molar-refractivity contribution in [3.8, 4) is 0 Å². The van der Waals surface area contributed by atoms with Gasteiger partial charge in [-0.3, -0.25) is 4.79 Å². The SMILES string of the molecule is CC(O)CCCNC(=O)CC1=CCCCC1. The summed E-state index contributed by atoms with van der Waals surface area (Å²) in [5, 5.41) is 12.0. The molecule has 3 nitrogen and oxygen atoms in total. The van der Waals surface area contributed by atoms with E-state index in [0.29, 0.717) is 13.0 Å². The first-order chi connectivity index (χ1) is 7.68. The van der Waals surface area contributed by atoms with Crippen molar-refractivity contribution in [2.24, 2.45) is 0 Å². The van der Waals surface area contributed by atoms with Gasteiger partial charge in [0.05, 0.1) is 6.10 Å². The minimum atomic E-state index is -0.266.